The minimum atomic E-state index is -3.68. The summed E-state index contributed by atoms with van der Waals surface area (Å²) in [5.41, 5.74) is 0. The van der Waals surface area contributed by atoms with Crippen molar-refractivity contribution in [3.05, 3.63) is 0 Å². The summed E-state index contributed by atoms with van der Waals surface area (Å²) in [4.78, 5) is 11.0. The lowest BCUT2D eigenvalue weighted by Crippen LogP contribution is -2.43. The molecule has 118 valence electrons. The minimum absolute atomic E-state index is 0.0885. The summed E-state index contributed by atoms with van der Waals surface area (Å²) in [6.45, 7) is 1.80. The number of hydrogen-bond acceptors (Lipinski definition) is 6. The molecule has 1 unspecified atom stereocenters. The van der Waals surface area contributed by atoms with Crippen LogP contribution in [0, 0.1) is 0 Å². The number of sulfonamides is 1. The van der Waals surface area contributed by atoms with Crippen molar-refractivity contribution in [1.29, 1.82) is 0 Å². The van der Waals surface area contributed by atoms with E-state index in [1.165, 1.54) is 11.2 Å². The molecule has 0 saturated carbocycles. The maximum atomic E-state index is 12.6. The second-order valence-corrected chi connectivity index (χ2v) is 8.22. The van der Waals surface area contributed by atoms with Crippen molar-refractivity contribution >= 4 is 44.0 Å². The van der Waals surface area contributed by atoms with Crippen molar-refractivity contribution in [2.75, 3.05) is 17.7 Å². The van der Waals surface area contributed by atoms with Gasteiger partial charge < -0.3 is 5.32 Å². The number of aromatic nitrogens is 2. The highest BCUT2D eigenvalue weighted by Gasteiger charge is 2.35. The largest absolute Gasteiger partial charge is 0.301 e. The maximum Gasteiger partial charge on any atom is 0.272 e. The molecule has 1 aromatic rings. The summed E-state index contributed by atoms with van der Waals surface area (Å²) in [5, 5.41) is 10.0. The van der Waals surface area contributed by atoms with Crippen LogP contribution in [0.15, 0.2) is 4.34 Å². The lowest BCUT2D eigenvalue weighted by atomic mass is 10.0. The van der Waals surface area contributed by atoms with Gasteiger partial charge in [0.2, 0.25) is 15.4 Å². The van der Waals surface area contributed by atoms with E-state index in [0.717, 1.165) is 30.6 Å². The summed E-state index contributed by atoms with van der Waals surface area (Å²) in [7, 11) is -3.68. The first-order chi connectivity index (χ1) is 9.95. The predicted molar refractivity (Wildman–Crippen MR) is 81.1 cm³/mol. The highest BCUT2D eigenvalue weighted by molar-refractivity contribution is 7.91. The summed E-state index contributed by atoms with van der Waals surface area (Å²) in [5.74, 6) is 0.109. The molecule has 1 saturated heterocycles. The molecular formula is C11H17ClN4O3S2. The fourth-order valence-electron chi connectivity index (χ4n) is 2.32. The van der Waals surface area contributed by atoms with Gasteiger partial charge in [0, 0.05) is 25.4 Å². The highest BCUT2D eigenvalue weighted by atomic mass is 35.5. The molecule has 1 atom stereocenters. The number of anilines is 1. The number of amides is 1. The van der Waals surface area contributed by atoms with Gasteiger partial charge in [0.1, 0.15) is 0 Å². The smallest absolute Gasteiger partial charge is 0.272 e. The van der Waals surface area contributed by atoms with Gasteiger partial charge in [0.05, 0.1) is 0 Å². The van der Waals surface area contributed by atoms with Crippen LogP contribution in [0.3, 0.4) is 0 Å². The summed E-state index contributed by atoms with van der Waals surface area (Å²) in [6, 6.07) is -0.0885. The minimum Gasteiger partial charge on any atom is -0.301 e. The van der Waals surface area contributed by atoms with Crippen LogP contribution in [0.2, 0.25) is 0 Å². The van der Waals surface area contributed by atoms with Gasteiger partial charge in [-0.25, -0.2) is 8.42 Å². The maximum absolute atomic E-state index is 12.6. The van der Waals surface area contributed by atoms with Gasteiger partial charge in [-0.2, -0.15) is 4.31 Å². The van der Waals surface area contributed by atoms with Crippen molar-refractivity contribution in [3.63, 3.8) is 0 Å². The zero-order valence-corrected chi connectivity index (χ0v) is 14.0. The molecular weight excluding hydrogens is 336 g/mol. The Morgan fingerprint density at radius 1 is 1.48 bits per heavy atom. The van der Waals surface area contributed by atoms with E-state index in [9.17, 15) is 13.2 Å². The lowest BCUT2D eigenvalue weighted by molar-refractivity contribution is -0.114. The lowest BCUT2D eigenvalue weighted by Gasteiger charge is -2.33. The molecule has 1 fully saturated rings. The molecule has 1 aromatic heterocycles. The first-order valence-corrected chi connectivity index (χ1v) is 9.43. The molecule has 1 N–H and O–H groups in total. The van der Waals surface area contributed by atoms with E-state index < -0.39 is 10.0 Å². The fourth-order valence-corrected chi connectivity index (χ4v) is 5.36. The average Bonchev–Trinajstić information content (AvgIpc) is 2.88. The Morgan fingerprint density at radius 2 is 2.24 bits per heavy atom. The van der Waals surface area contributed by atoms with E-state index in [-0.39, 0.29) is 21.4 Å². The quantitative estimate of drug-likeness (QED) is 0.642. The van der Waals surface area contributed by atoms with E-state index in [1.807, 2.05) is 0 Å². The number of piperidine rings is 1. The van der Waals surface area contributed by atoms with Crippen molar-refractivity contribution in [2.45, 2.75) is 43.0 Å². The number of carbonyl (C=O) groups excluding carboxylic acids is 1. The van der Waals surface area contributed by atoms with Gasteiger partial charge in [0.15, 0.2) is 0 Å². The topological polar surface area (TPSA) is 92.3 Å². The van der Waals surface area contributed by atoms with Gasteiger partial charge in [-0.1, -0.05) is 17.8 Å². The Hall–Kier alpha value is -0.770. The molecule has 0 spiro atoms. The van der Waals surface area contributed by atoms with Crippen LogP contribution in [0.4, 0.5) is 5.13 Å². The van der Waals surface area contributed by atoms with E-state index in [2.05, 4.69) is 15.5 Å². The van der Waals surface area contributed by atoms with Crippen LogP contribution in [0.1, 0.15) is 32.6 Å². The van der Waals surface area contributed by atoms with Crippen molar-refractivity contribution in [2.24, 2.45) is 0 Å². The highest BCUT2D eigenvalue weighted by Crippen LogP contribution is 2.29. The number of nitrogens with zero attached hydrogens (tertiary/aromatic N) is 3. The zero-order valence-electron chi connectivity index (χ0n) is 11.6. The Kier molecular flexibility index (Phi) is 5.53. The number of hydrogen-bond donors (Lipinski definition) is 1. The van der Waals surface area contributed by atoms with Crippen LogP contribution in [-0.4, -0.2) is 47.3 Å². The molecule has 10 heteroatoms. The Labute approximate surface area is 132 Å². The summed E-state index contributed by atoms with van der Waals surface area (Å²) < 4.78 is 26.7. The van der Waals surface area contributed by atoms with Crippen molar-refractivity contribution < 1.29 is 13.2 Å². The zero-order chi connectivity index (χ0) is 15.5. The summed E-state index contributed by atoms with van der Waals surface area (Å²) >= 11 is 6.63. The Balaban J connectivity index is 2.23. The number of carbonyl (C=O) groups is 1. The SMILES string of the molecule is CC(=O)Nc1nnc(S(=O)(=O)N2CCCCC2CCCl)s1. The van der Waals surface area contributed by atoms with E-state index in [0.29, 0.717) is 18.8 Å². The average molecular weight is 353 g/mol. The second-order valence-electron chi connectivity index (χ2n) is 4.80. The molecule has 0 aromatic carbocycles. The van der Waals surface area contributed by atoms with Crippen LogP contribution >= 0.6 is 22.9 Å². The van der Waals surface area contributed by atoms with Gasteiger partial charge in [0.25, 0.3) is 10.0 Å². The number of halogens is 1. The number of rotatable bonds is 5. The van der Waals surface area contributed by atoms with Crippen molar-refractivity contribution in [1.82, 2.24) is 14.5 Å². The van der Waals surface area contributed by atoms with Crippen LogP contribution in [0.5, 0.6) is 0 Å². The summed E-state index contributed by atoms with van der Waals surface area (Å²) in [6.07, 6.45) is 3.26. The second kappa shape index (κ2) is 6.99. The molecule has 0 radical (unpaired) electrons. The van der Waals surface area contributed by atoms with E-state index >= 15 is 0 Å². The normalized spacial score (nSPS) is 20.4. The monoisotopic (exact) mass is 352 g/mol. The first kappa shape index (κ1) is 16.6. The van der Waals surface area contributed by atoms with Crippen molar-refractivity contribution in [3.8, 4) is 0 Å². The third-order valence-electron chi connectivity index (χ3n) is 3.23. The molecule has 7 nitrogen and oxygen atoms in total. The van der Waals surface area contributed by atoms with E-state index in [1.54, 1.807) is 0 Å². The molecule has 1 amide bonds. The standard InChI is InChI=1S/C11H17ClN4O3S2/c1-8(17)13-10-14-15-11(20-10)21(18,19)16-7-3-2-4-9(16)5-6-12/h9H,2-7H2,1H3,(H,13,14,17). The van der Waals surface area contributed by atoms with Crippen LogP contribution < -0.4 is 5.32 Å². The molecule has 2 rings (SSSR count). The fraction of sp³-hybridized carbons (Fsp3) is 0.727. The third-order valence-corrected chi connectivity index (χ3v) is 6.59. The molecule has 0 aliphatic carbocycles. The molecule has 0 bridgehead atoms. The number of nitrogens with one attached hydrogen (secondary N) is 1. The van der Waals surface area contributed by atoms with E-state index in [4.69, 9.17) is 11.6 Å². The van der Waals surface area contributed by atoms with Gasteiger partial charge >= 0.3 is 0 Å². The Morgan fingerprint density at radius 3 is 2.90 bits per heavy atom. The van der Waals surface area contributed by atoms with Gasteiger partial charge in [-0.3, -0.25) is 4.79 Å². The van der Waals surface area contributed by atoms with Gasteiger partial charge in [-0.15, -0.1) is 21.8 Å². The predicted octanol–water partition coefficient (Wildman–Crippen LogP) is 1.67. The molecule has 1 aliphatic rings. The van der Waals surface area contributed by atoms with Gasteiger partial charge in [-0.05, 0) is 19.3 Å². The van der Waals surface area contributed by atoms with Crippen LogP contribution in [-0.2, 0) is 14.8 Å². The van der Waals surface area contributed by atoms with Crippen LogP contribution in [0.25, 0.3) is 0 Å². The molecule has 1 aliphatic heterocycles. The number of alkyl halides is 1. The molecule has 2 heterocycles. The first-order valence-electron chi connectivity index (χ1n) is 6.64. The Bertz CT molecular complexity index is 602. The molecule has 21 heavy (non-hydrogen) atoms. The third kappa shape index (κ3) is 3.91.